The first-order valence-electron chi connectivity index (χ1n) is 11.9. The second kappa shape index (κ2) is 6.12. The van der Waals surface area contributed by atoms with Crippen LogP contribution < -0.4 is 0 Å². The third kappa shape index (κ3) is 2.39. The molecule has 0 saturated heterocycles. The maximum atomic E-state index is 11.4. The van der Waals surface area contributed by atoms with Crippen LogP contribution in [-0.2, 0) is 0 Å². The van der Waals surface area contributed by atoms with Crippen molar-refractivity contribution < 1.29 is 5.11 Å². The molecule has 3 saturated carbocycles. The molecule has 1 aromatic carbocycles. The van der Waals surface area contributed by atoms with Crippen LogP contribution in [-0.4, -0.2) is 15.1 Å². The predicted molar refractivity (Wildman–Crippen MR) is 117 cm³/mol. The van der Waals surface area contributed by atoms with Gasteiger partial charge in [0.25, 0.3) is 0 Å². The largest absolute Gasteiger partial charge is 0.511 e. The van der Waals surface area contributed by atoms with Crippen molar-refractivity contribution in [1.29, 1.82) is 0 Å². The molecular weight excluding hydrogens is 356 g/mol. The van der Waals surface area contributed by atoms with Crippen molar-refractivity contribution in [3.63, 3.8) is 0 Å². The van der Waals surface area contributed by atoms with E-state index in [2.05, 4.69) is 31.0 Å². The summed E-state index contributed by atoms with van der Waals surface area (Å²) in [6.07, 6.45) is 11.9. The molecule has 0 amide bonds. The van der Waals surface area contributed by atoms with Gasteiger partial charge in [0.1, 0.15) is 11.6 Å². The Bertz CT molecular complexity index is 957. The number of hydrogen-bond acceptors (Lipinski definition) is 2. The Kier molecular flexibility index (Phi) is 3.81. The number of rotatable bonds is 1. The minimum atomic E-state index is -0.0622. The Balaban J connectivity index is 1.36. The van der Waals surface area contributed by atoms with E-state index in [1.54, 1.807) is 0 Å². The van der Waals surface area contributed by atoms with E-state index in [4.69, 9.17) is 4.98 Å². The van der Waals surface area contributed by atoms with E-state index in [1.165, 1.54) is 44.9 Å². The van der Waals surface area contributed by atoms with Crippen molar-refractivity contribution in [3.8, 4) is 0 Å². The maximum absolute atomic E-state index is 11.4. The van der Waals surface area contributed by atoms with Crippen molar-refractivity contribution >= 4 is 16.6 Å². The average Bonchev–Trinajstić information content (AvgIpc) is 3.26. The first-order chi connectivity index (χ1) is 14.0. The molecule has 29 heavy (non-hydrogen) atoms. The summed E-state index contributed by atoms with van der Waals surface area (Å²) in [7, 11) is 0. The third-order valence-electron chi connectivity index (χ3n) is 9.90. The van der Waals surface area contributed by atoms with Crippen LogP contribution in [0.5, 0.6) is 0 Å². The summed E-state index contributed by atoms with van der Waals surface area (Å²) in [5, 5.41) is 11.4. The number of benzene rings is 1. The highest BCUT2D eigenvalue weighted by atomic mass is 16.3. The summed E-state index contributed by atoms with van der Waals surface area (Å²) in [5.41, 5.74) is 3.63. The highest BCUT2D eigenvalue weighted by Crippen LogP contribution is 2.67. The van der Waals surface area contributed by atoms with Crippen LogP contribution >= 0.6 is 0 Å². The lowest BCUT2D eigenvalue weighted by molar-refractivity contribution is -0.104. The summed E-state index contributed by atoms with van der Waals surface area (Å²) in [6.45, 7) is 4.97. The van der Waals surface area contributed by atoms with Crippen molar-refractivity contribution in [3.05, 3.63) is 35.8 Å². The summed E-state index contributed by atoms with van der Waals surface area (Å²) in [5.74, 6) is 4.66. The molecule has 6 rings (SSSR count). The van der Waals surface area contributed by atoms with Gasteiger partial charge < -0.3 is 10.1 Å². The molecule has 3 nitrogen and oxygen atoms in total. The minimum Gasteiger partial charge on any atom is -0.511 e. The topological polar surface area (TPSA) is 48.9 Å². The molecule has 0 radical (unpaired) electrons. The lowest BCUT2D eigenvalue weighted by Gasteiger charge is -2.59. The molecule has 1 heterocycles. The fourth-order valence-electron chi connectivity index (χ4n) is 8.25. The smallest absolute Gasteiger partial charge is 0.137 e. The zero-order chi connectivity index (χ0) is 19.8. The zero-order valence-corrected chi connectivity index (χ0v) is 17.9. The van der Waals surface area contributed by atoms with E-state index in [1.807, 2.05) is 12.1 Å². The van der Waals surface area contributed by atoms with Gasteiger partial charge >= 0.3 is 0 Å². The molecule has 154 valence electrons. The van der Waals surface area contributed by atoms with Gasteiger partial charge in [-0.25, -0.2) is 4.98 Å². The Morgan fingerprint density at radius 2 is 1.86 bits per heavy atom. The van der Waals surface area contributed by atoms with E-state index >= 15 is 0 Å². The van der Waals surface area contributed by atoms with E-state index in [9.17, 15) is 5.11 Å². The Labute approximate surface area is 174 Å². The van der Waals surface area contributed by atoms with Crippen LogP contribution in [0.4, 0.5) is 0 Å². The molecule has 0 spiro atoms. The van der Waals surface area contributed by atoms with Crippen LogP contribution in [0.3, 0.4) is 0 Å². The molecule has 0 unspecified atom stereocenters. The van der Waals surface area contributed by atoms with Crippen molar-refractivity contribution in [1.82, 2.24) is 9.97 Å². The lowest BCUT2D eigenvalue weighted by Crippen LogP contribution is -2.52. The molecule has 4 aliphatic carbocycles. The first kappa shape index (κ1) is 18.0. The number of fused-ring (bicyclic) bond motifs is 6. The van der Waals surface area contributed by atoms with Gasteiger partial charge in [0.2, 0.25) is 0 Å². The molecular formula is C26H34N2O. The highest BCUT2D eigenvalue weighted by Gasteiger charge is 2.59. The summed E-state index contributed by atoms with van der Waals surface area (Å²) in [6, 6.07) is 8.21. The lowest BCUT2D eigenvalue weighted by atomic mass is 9.45. The van der Waals surface area contributed by atoms with Gasteiger partial charge in [0, 0.05) is 11.0 Å². The summed E-state index contributed by atoms with van der Waals surface area (Å²) < 4.78 is 0. The number of nitrogens with one attached hydrogen (secondary N) is 1. The minimum absolute atomic E-state index is 0.0622. The second-order valence-electron chi connectivity index (χ2n) is 11.0. The molecule has 3 heteroatoms. The van der Waals surface area contributed by atoms with Gasteiger partial charge in [0.15, 0.2) is 0 Å². The van der Waals surface area contributed by atoms with E-state index in [-0.39, 0.29) is 5.41 Å². The number of allylic oxidation sites excluding steroid dienone is 2. The fourth-order valence-corrected chi connectivity index (χ4v) is 8.25. The van der Waals surface area contributed by atoms with Crippen LogP contribution in [0, 0.1) is 34.5 Å². The maximum Gasteiger partial charge on any atom is 0.137 e. The number of aromatic amines is 1. The molecule has 2 aromatic rings. The van der Waals surface area contributed by atoms with Gasteiger partial charge in [-0.3, -0.25) is 0 Å². The molecule has 0 bridgehead atoms. The van der Waals surface area contributed by atoms with Crippen LogP contribution in [0.1, 0.15) is 77.5 Å². The number of aliphatic hydroxyl groups excluding tert-OH is 1. The van der Waals surface area contributed by atoms with Gasteiger partial charge in [-0.05, 0) is 86.2 Å². The van der Waals surface area contributed by atoms with Crippen LogP contribution in [0.25, 0.3) is 16.6 Å². The monoisotopic (exact) mass is 390 g/mol. The Hall–Kier alpha value is -1.77. The third-order valence-corrected chi connectivity index (χ3v) is 9.90. The van der Waals surface area contributed by atoms with Gasteiger partial charge in [0.05, 0.1) is 11.0 Å². The van der Waals surface area contributed by atoms with Gasteiger partial charge in [-0.2, -0.15) is 0 Å². The highest BCUT2D eigenvalue weighted by molar-refractivity contribution is 5.79. The molecule has 0 aliphatic heterocycles. The zero-order valence-electron chi connectivity index (χ0n) is 17.9. The number of H-pyrrole nitrogens is 1. The summed E-state index contributed by atoms with van der Waals surface area (Å²) in [4.78, 5) is 8.33. The van der Waals surface area contributed by atoms with Crippen LogP contribution in [0.15, 0.2) is 30.0 Å². The first-order valence-corrected chi connectivity index (χ1v) is 11.9. The van der Waals surface area contributed by atoms with Crippen molar-refractivity contribution in [2.24, 2.45) is 34.5 Å². The Morgan fingerprint density at radius 1 is 1.00 bits per heavy atom. The number of nitrogens with zero attached hydrogens (tertiary/aromatic N) is 1. The Morgan fingerprint density at radius 3 is 2.72 bits per heavy atom. The van der Waals surface area contributed by atoms with Crippen LogP contribution in [0.2, 0.25) is 0 Å². The predicted octanol–water partition coefficient (Wildman–Crippen LogP) is 6.87. The fraction of sp³-hybridized carbons (Fsp3) is 0.654. The van der Waals surface area contributed by atoms with Gasteiger partial charge in [-0.15, -0.1) is 0 Å². The number of aliphatic hydroxyl groups is 1. The quantitative estimate of drug-likeness (QED) is 0.558. The number of aromatic nitrogens is 2. The molecule has 3 fully saturated rings. The molecule has 4 aliphatic rings. The average molecular weight is 391 g/mol. The van der Waals surface area contributed by atoms with Gasteiger partial charge in [-0.1, -0.05) is 38.8 Å². The molecule has 1 aromatic heterocycles. The number of para-hydroxylation sites is 2. The second-order valence-corrected chi connectivity index (χ2v) is 11.0. The van der Waals surface area contributed by atoms with Crippen molar-refractivity contribution in [2.45, 2.75) is 71.6 Å². The molecule has 2 N–H and O–H groups in total. The number of hydrogen-bond donors (Lipinski definition) is 2. The normalized spacial score (nSPS) is 41.9. The summed E-state index contributed by atoms with van der Waals surface area (Å²) >= 11 is 0. The standard InChI is InChI=1S/C26H34N2O/c1-25-13-6-5-7-16(25)10-11-17-19(25)12-14-26(2)20(17)15-18(23(26)29)24-27-21-8-3-4-9-22(21)28-24/h3-4,8-9,16-17,19-20,29H,5-7,10-15H2,1-2H3,(H,27,28)/t16-,17+,19-,20-,25-,26-/m0/s1. The molecule has 6 atom stereocenters. The SMILES string of the molecule is C[C@]12CCCC[C@H]1CC[C@@H]1[C@@H]2CC[C@]2(C)C(O)=C(c3nc4ccccc4[nH]3)C[C@@H]12. The van der Waals surface area contributed by atoms with E-state index < -0.39 is 0 Å². The van der Waals surface area contributed by atoms with Crippen molar-refractivity contribution in [2.75, 3.05) is 0 Å². The van der Waals surface area contributed by atoms with E-state index in [0.717, 1.165) is 53.0 Å². The van der Waals surface area contributed by atoms with E-state index in [0.29, 0.717) is 17.1 Å². The number of imidazole rings is 1.